The zero-order valence-electron chi connectivity index (χ0n) is 13.9. The zero-order valence-corrected chi connectivity index (χ0v) is 15.5. The van der Waals surface area contributed by atoms with Crippen LogP contribution in [0.4, 0.5) is 0 Å². The van der Waals surface area contributed by atoms with E-state index in [2.05, 4.69) is 59.3 Å². The van der Waals surface area contributed by atoms with E-state index in [4.69, 9.17) is 9.47 Å². The van der Waals surface area contributed by atoms with Gasteiger partial charge in [0.2, 0.25) is 0 Å². The summed E-state index contributed by atoms with van der Waals surface area (Å²) in [5.74, 6) is 0.876. The van der Waals surface area contributed by atoms with Gasteiger partial charge in [0.15, 0.2) is 0 Å². The molecule has 0 aliphatic carbocycles. The third-order valence-electron chi connectivity index (χ3n) is 3.92. The summed E-state index contributed by atoms with van der Waals surface area (Å²) in [6, 6.07) is 16.5. The fraction of sp³-hybridized carbons (Fsp3) is 0.400. The molecule has 0 aromatic heterocycles. The predicted octanol–water partition coefficient (Wildman–Crippen LogP) is 6.30. The van der Waals surface area contributed by atoms with E-state index in [1.165, 1.54) is 30.4 Å². The highest BCUT2D eigenvalue weighted by molar-refractivity contribution is 9.10. The summed E-state index contributed by atoms with van der Waals surface area (Å²) in [7, 11) is 1.68. The van der Waals surface area contributed by atoms with E-state index in [1.807, 2.05) is 12.1 Å². The lowest BCUT2D eigenvalue weighted by atomic mass is 10.0. The molecule has 1 atom stereocenters. The number of hydrogen-bond donors (Lipinski definition) is 0. The molecular weight excluding hydrogens is 352 g/mol. The van der Waals surface area contributed by atoms with Crippen molar-refractivity contribution >= 4 is 15.9 Å². The lowest BCUT2D eigenvalue weighted by Crippen LogP contribution is -2.05. The minimum absolute atomic E-state index is 0.150. The maximum Gasteiger partial charge on any atom is 0.118 e. The van der Waals surface area contributed by atoms with Crippen LogP contribution >= 0.6 is 15.9 Å². The highest BCUT2D eigenvalue weighted by Crippen LogP contribution is 2.27. The molecule has 2 nitrogen and oxygen atoms in total. The van der Waals surface area contributed by atoms with Gasteiger partial charge in [0.25, 0.3) is 0 Å². The Labute approximate surface area is 148 Å². The molecule has 0 bridgehead atoms. The lowest BCUT2D eigenvalue weighted by Gasteiger charge is -2.19. The number of benzene rings is 2. The van der Waals surface area contributed by atoms with Crippen LogP contribution in [0.1, 0.15) is 49.8 Å². The van der Waals surface area contributed by atoms with E-state index < -0.39 is 0 Å². The summed E-state index contributed by atoms with van der Waals surface area (Å²) in [5, 5.41) is 0. The first kappa shape index (κ1) is 18.0. The van der Waals surface area contributed by atoms with Crippen molar-refractivity contribution in [1.82, 2.24) is 0 Å². The van der Waals surface area contributed by atoms with Crippen molar-refractivity contribution < 1.29 is 9.47 Å². The summed E-state index contributed by atoms with van der Waals surface area (Å²) in [4.78, 5) is 0. The standard InChI is InChI=1S/C20H25BrO2/c1-3-4-5-6-20(17-9-11-18(21)12-10-17)23-15-16-7-13-19(22-2)14-8-16/h7-14,20H,3-6,15H2,1-2H3/t20-/m0/s1. The number of rotatable bonds is 9. The zero-order chi connectivity index (χ0) is 16.5. The average molecular weight is 377 g/mol. The van der Waals surface area contributed by atoms with Crippen LogP contribution in [0.15, 0.2) is 53.0 Å². The number of hydrogen-bond acceptors (Lipinski definition) is 2. The summed E-state index contributed by atoms with van der Waals surface area (Å²) in [6.07, 6.45) is 4.88. The van der Waals surface area contributed by atoms with Gasteiger partial charge < -0.3 is 9.47 Å². The average Bonchev–Trinajstić information content (AvgIpc) is 2.59. The van der Waals surface area contributed by atoms with Crippen molar-refractivity contribution in [3.8, 4) is 5.75 Å². The van der Waals surface area contributed by atoms with Crippen LogP contribution in [0, 0.1) is 0 Å². The molecule has 0 fully saturated rings. The highest BCUT2D eigenvalue weighted by atomic mass is 79.9. The Kier molecular flexibility index (Phi) is 7.63. The topological polar surface area (TPSA) is 18.5 Å². The Balaban J connectivity index is 1.99. The van der Waals surface area contributed by atoms with Crippen molar-refractivity contribution in [2.75, 3.05) is 7.11 Å². The van der Waals surface area contributed by atoms with Gasteiger partial charge in [-0.25, -0.2) is 0 Å². The predicted molar refractivity (Wildman–Crippen MR) is 98.8 cm³/mol. The third-order valence-corrected chi connectivity index (χ3v) is 4.45. The molecule has 124 valence electrons. The summed E-state index contributed by atoms with van der Waals surface area (Å²) >= 11 is 3.50. The number of halogens is 1. The van der Waals surface area contributed by atoms with Crippen LogP contribution in [0.2, 0.25) is 0 Å². The Morgan fingerprint density at radius 1 is 0.957 bits per heavy atom. The second-order valence-corrected chi connectivity index (χ2v) is 6.61. The van der Waals surface area contributed by atoms with E-state index in [1.54, 1.807) is 7.11 Å². The highest BCUT2D eigenvalue weighted by Gasteiger charge is 2.12. The van der Waals surface area contributed by atoms with E-state index in [0.29, 0.717) is 6.61 Å². The molecule has 0 saturated heterocycles. The minimum atomic E-state index is 0.150. The molecule has 3 heteroatoms. The molecule has 0 aliphatic rings. The summed E-state index contributed by atoms with van der Waals surface area (Å²) < 4.78 is 12.5. The molecule has 0 heterocycles. The number of methoxy groups -OCH3 is 1. The minimum Gasteiger partial charge on any atom is -0.497 e. The van der Waals surface area contributed by atoms with Gasteiger partial charge in [-0.1, -0.05) is 66.4 Å². The SMILES string of the molecule is CCCCC[C@H](OCc1ccc(OC)cc1)c1ccc(Br)cc1. The molecule has 0 spiro atoms. The van der Waals surface area contributed by atoms with Crippen molar-refractivity contribution in [3.63, 3.8) is 0 Å². The summed E-state index contributed by atoms with van der Waals surface area (Å²) in [5.41, 5.74) is 2.42. The van der Waals surface area contributed by atoms with Crippen LogP contribution in [0.3, 0.4) is 0 Å². The molecular formula is C20H25BrO2. The fourth-order valence-corrected chi connectivity index (χ4v) is 2.79. The molecule has 0 N–H and O–H groups in total. The molecule has 0 amide bonds. The van der Waals surface area contributed by atoms with E-state index >= 15 is 0 Å². The van der Waals surface area contributed by atoms with Crippen molar-refractivity contribution in [1.29, 1.82) is 0 Å². The van der Waals surface area contributed by atoms with Crippen molar-refractivity contribution in [3.05, 3.63) is 64.1 Å². The lowest BCUT2D eigenvalue weighted by molar-refractivity contribution is 0.0322. The molecule has 0 saturated carbocycles. The van der Waals surface area contributed by atoms with Gasteiger partial charge in [-0.15, -0.1) is 0 Å². The van der Waals surface area contributed by atoms with Crippen LogP contribution < -0.4 is 4.74 Å². The third kappa shape index (κ3) is 6.00. The van der Waals surface area contributed by atoms with Crippen LogP contribution in [-0.4, -0.2) is 7.11 Å². The Morgan fingerprint density at radius 2 is 1.65 bits per heavy atom. The first-order chi connectivity index (χ1) is 11.2. The van der Waals surface area contributed by atoms with Gasteiger partial charge in [-0.2, -0.15) is 0 Å². The van der Waals surface area contributed by atoms with Crippen molar-refractivity contribution in [2.24, 2.45) is 0 Å². The number of unbranched alkanes of at least 4 members (excludes halogenated alkanes) is 2. The van der Waals surface area contributed by atoms with E-state index in [9.17, 15) is 0 Å². The van der Waals surface area contributed by atoms with Crippen LogP contribution in [0.5, 0.6) is 5.75 Å². The molecule has 0 aliphatic heterocycles. The monoisotopic (exact) mass is 376 g/mol. The van der Waals surface area contributed by atoms with Gasteiger partial charge in [-0.3, -0.25) is 0 Å². The van der Waals surface area contributed by atoms with Gasteiger partial charge in [0.1, 0.15) is 5.75 Å². The molecule has 23 heavy (non-hydrogen) atoms. The van der Waals surface area contributed by atoms with Gasteiger partial charge in [0, 0.05) is 4.47 Å². The van der Waals surface area contributed by atoms with E-state index in [-0.39, 0.29) is 6.10 Å². The molecule has 0 radical (unpaired) electrons. The fourth-order valence-electron chi connectivity index (χ4n) is 2.52. The first-order valence-corrected chi connectivity index (χ1v) is 9.02. The summed E-state index contributed by atoms with van der Waals surface area (Å²) in [6.45, 7) is 2.85. The molecule has 2 aromatic rings. The van der Waals surface area contributed by atoms with Crippen LogP contribution in [-0.2, 0) is 11.3 Å². The maximum absolute atomic E-state index is 6.22. The van der Waals surface area contributed by atoms with Crippen molar-refractivity contribution in [2.45, 2.75) is 45.3 Å². The molecule has 2 aromatic carbocycles. The Hall–Kier alpha value is -1.32. The molecule has 0 unspecified atom stereocenters. The second kappa shape index (κ2) is 9.74. The second-order valence-electron chi connectivity index (χ2n) is 5.70. The normalized spacial score (nSPS) is 12.1. The first-order valence-electron chi connectivity index (χ1n) is 8.23. The van der Waals surface area contributed by atoms with Gasteiger partial charge in [-0.05, 0) is 41.8 Å². The van der Waals surface area contributed by atoms with E-state index in [0.717, 1.165) is 16.6 Å². The smallest absolute Gasteiger partial charge is 0.118 e. The Morgan fingerprint density at radius 3 is 2.26 bits per heavy atom. The molecule has 2 rings (SSSR count). The van der Waals surface area contributed by atoms with Crippen LogP contribution in [0.25, 0.3) is 0 Å². The maximum atomic E-state index is 6.22. The van der Waals surface area contributed by atoms with Gasteiger partial charge in [0.05, 0.1) is 19.8 Å². The van der Waals surface area contributed by atoms with Gasteiger partial charge >= 0.3 is 0 Å². The largest absolute Gasteiger partial charge is 0.497 e. The quantitative estimate of drug-likeness (QED) is 0.478. The Bertz CT molecular complexity index is 563. The number of ether oxygens (including phenoxy) is 2.